The zero-order valence-corrected chi connectivity index (χ0v) is 21.0. The summed E-state index contributed by atoms with van der Waals surface area (Å²) in [5, 5.41) is 4.83. The summed E-state index contributed by atoms with van der Waals surface area (Å²) in [6.07, 6.45) is 1.85. The van der Waals surface area contributed by atoms with E-state index in [-0.39, 0.29) is 23.5 Å². The van der Waals surface area contributed by atoms with Crippen molar-refractivity contribution in [2.24, 2.45) is 0 Å². The third-order valence-electron chi connectivity index (χ3n) is 5.22. The van der Waals surface area contributed by atoms with Crippen molar-refractivity contribution in [3.05, 3.63) is 89.1 Å². The van der Waals surface area contributed by atoms with E-state index in [0.29, 0.717) is 0 Å². The number of methoxy groups -OCH3 is 1. The Balaban J connectivity index is 2.08. The van der Waals surface area contributed by atoms with Crippen LogP contribution in [-0.4, -0.2) is 40.0 Å². The first-order valence-corrected chi connectivity index (χ1v) is 12.3. The second-order valence-electron chi connectivity index (χ2n) is 7.67. The van der Waals surface area contributed by atoms with Gasteiger partial charge in [-0.3, -0.25) is 9.52 Å². The fraction of sp³-hybridized carbons (Fsp3) is 0.167. The quantitative estimate of drug-likeness (QED) is 0.212. The maximum absolute atomic E-state index is 15.3. The van der Waals surface area contributed by atoms with Gasteiger partial charge in [0.15, 0.2) is 23.3 Å². The van der Waals surface area contributed by atoms with E-state index >= 15 is 8.78 Å². The topological polar surface area (TPSA) is 121 Å². The molecule has 3 rings (SSSR count). The molecule has 202 valence electrons. The number of rotatable bonds is 11. The summed E-state index contributed by atoms with van der Waals surface area (Å²) in [5.41, 5.74) is -2.00. The van der Waals surface area contributed by atoms with Crippen molar-refractivity contribution in [1.29, 1.82) is 0 Å². The van der Waals surface area contributed by atoms with Crippen LogP contribution >= 0.6 is 0 Å². The first-order chi connectivity index (χ1) is 18.0. The number of ether oxygens (including phenoxy) is 1. The van der Waals surface area contributed by atoms with Crippen molar-refractivity contribution in [3.8, 4) is 5.75 Å². The average Bonchev–Trinajstić information content (AvgIpc) is 2.89. The van der Waals surface area contributed by atoms with E-state index in [9.17, 15) is 22.0 Å². The monoisotopic (exact) mass is 553 g/mol. The van der Waals surface area contributed by atoms with Gasteiger partial charge in [-0.05, 0) is 35.4 Å². The van der Waals surface area contributed by atoms with Crippen LogP contribution in [0.15, 0.2) is 49.2 Å². The summed E-state index contributed by atoms with van der Waals surface area (Å²) in [6.45, 7) is 3.46. The van der Waals surface area contributed by atoms with E-state index in [1.165, 1.54) is 25.3 Å². The van der Waals surface area contributed by atoms with E-state index in [2.05, 4.69) is 22.2 Å². The molecule has 4 N–H and O–H groups in total. The Morgan fingerprint density at radius 3 is 2.45 bits per heavy atom. The average molecular weight is 554 g/mol. The van der Waals surface area contributed by atoms with Gasteiger partial charge >= 0.3 is 0 Å². The van der Waals surface area contributed by atoms with E-state index in [4.69, 9.17) is 4.74 Å². The highest BCUT2D eigenvalue weighted by Crippen LogP contribution is 2.32. The lowest BCUT2D eigenvalue weighted by Gasteiger charge is -2.17. The van der Waals surface area contributed by atoms with Crippen LogP contribution < -0.4 is 24.8 Å². The van der Waals surface area contributed by atoms with E-state index in [1.807, 2.05) is 9.44 Å². The third-order valence-corrected chi connectivity index (χ3v) is 6.22. The van der Waals surface area contributed by atoms with Gasteiger partial charge < -0.3 is 15.4 Å². The number of nitrogens with zero attached hydrogens (tertiary/aromatic N) is 1. The minimum atomic E-state index is -4.11. The molecule has 0 aliphatic rings. The number of aromatic nitrogens is 1. The Morgan fingerprint density at radius 1 is 1.08 bits per heavy atom. The number of carbonyl (C=O) groups is 1. The molecule has 1 aromatic heterocycles. The number of anilines is 3. The maximum atomic E-state index is 15.3. The molecule has 0 bridgehead atoms. The van der Waals surface area contributed by atoms with Gasteiger partial charge in [0, 0.05) is 32.3 Å². The highest BCUT2D eigenvalue weighted by Gasteiger charge is 2.25. The third kappa shape index (κ3) is 6.39. The number of hydrogen-bond acceptors (Lipinski definition) is 6. The van der Waals surface area contributed by atoms with Gasteiger partial charge in [0.1, 0.15) is 11.6 Å². The SMILES string of the molecule is C=CCNC(=O)c1cc(Cc2ccnc(NS(=O)(=O)NC)c2F)c(F)c(F)c1Nc1ccc(OC)cc1F. The number of amides is 1. The van der Waals surface area contributed by atoms with Crippen molar-refractivity contribution >= 4 is 33.3 Å². The molecule has 0 unspecified atom stereocenters. The molecule has 0 radical (unpaired) electrons. The Morgan fingerprint density at radius 2 is 1.82 bits per heavy atom. The Labute approximate surface area is 216 Å². The molecule has 1 amide bonds. The fourth-order valence-corrected chi connectivity index (χ4v) is 3.80. The highest BCUT2D eigenvalue weighted by atomic mass is 32.2. The number of pyridine rings is 1. The Bertz CT molecular complexity index is 1490. The van der Waals surface area contributed by atoms with Gasteiger partial charge in [-0.15, -0.1) is 6.58 Å². The Hall–Kier alpha value is -4.17. The number of nitrogens with one attached hydrogen (secondary N) is 4. The standard InChI is InChI=1S/C24H23F4N5O4S/c1-4-8-31-24(34)16-11-14(10-13-7-9-30-23(20(13)27)33-38(35,36)29-2)19(26)21(28)22(16)32-18-6-5-15(37-3)12-17(18)25/h4-7,9,11-12,29,32H,1,8,10H2,2-3H3,(H,30,33)(H,31,34). The molecule has 3 aromatic rings. The smallest absolute Gasteiger partial charge is 0.300 e. The summed E-state index contributed by atoms with van der Waals surface area (Å²) in [7, 11) is -1.70. The number of hydrogen-bond donors (Lipinski definition) is 4. The van der Waals surface area contributed by atoms with Crippen LogP contribution in [-0.2, 0) is 16.6 Å². The zero-order valence-electron chi connectivity index (χ0n) is 20.2. The molecule has 0 spiro atoms. The molecule has 0 saturated carbocycles. The maximum Gasteiger partial charge on any atom is 0.300 e. The minimum Gasteiger partial charge on any atom is -0.497 e. The molecular weight excluding hydrogens is 530 g/mol. The predicted octanol–water partition coefficient (Wildman–Crippen LogP) is 3.77. The summed E-state index contributed by atoms with van der Waals surface area (Å²) in [5.74, 6) is -6.29. The van der Waals surface area contributed by atoms with Crippen LogP contribution in [0.25, 0.3) is 0 Å². The summed E-state index contributed by atoms with van der Waals surface area (Å²) < 4.78 is 92.1. The van der Waals surface area contributed by atoms with Crippen LogP contribution in [0.2, 0.25) is 0 Å². The van der Waals surface area contributed by atoms with Crippen molar-refractivity contribution in [3.63, 3.8) is 0 Å². The van der Waals surface area contributed by atoms with E-state index in [1.54, 1.807) is 0 Å². The van der Waals surface area contributed by atoms with Gasteiger partial charge in [-0.25, -0.2) is 27.3 Å². The first kappa shape index (κ1) is 28.4. The lowest BCUT2D eigenvalue weighted by Crippen LogP contribution is -2.27. The van der Waals surface area contributed by atoms with Crippen LogP contribution in [0, 0.1) is 23.3 Å². The highest BCUT2D eigenvalue weighted by molar-refractivity contribution is 7.90. The fourth-order valence-electron chi connectivity index (χ4n) is 3.30. The summed E-state index contributed by atoms with van der Waals surface area (Å²) >= 11 is 0. The molecule has 14 heteroatoms. The van der Waals surface area contributed by atoms with Gasteiger partial charge in [-0.2, -0.15) is 8.42 Å². The van der Waals surface area contributed by atoms with Gasteiger partial charge in [-0.1, -0.05) is 6.08 Å². The van der Waals surface area contributed by atoms with Crippen molar-refractivity contribution in [2.45, 2.75) is 6.42 Å². The first-order valence-electron chi connectivity index (χ1n) is 10.9. The van der Waals surface area contributed by atoms with Crippen molar-refractivity contribution in [1.82, 2.24) is 15.0 Å². The molecule has 1 heterocycles. The van der Waals surface area contributed by atoms with Crippen LogP contribution in [0.1, 0.15) is 21.5 Å². The normalized spacial score (nSPS) is 11.1. The van der Waals surface area contributed by atoms with Gasteiger partial charge in [0.05, 0.1) is 24.0 Å². The molecule has 0 aliphatic carbocycles. The van der Waals surface area contributed by atoms with E-state index < -0.39 is 68.4 Å². The molecule has 0 aliphatic heterocycles. The molecule has 0 atom stereocenters. The van der Waals surface area contributed by atoms with Crippen LogP contribution in [0.3, 0.4) is 0 Å². The van der Waals surface area contributed by atoms with Crippen molar-refractivity contribution in [2.75, 3.05) is 30.7 Å². The van der Waals surface area contributed by atoms with Crippen molar-refractivity contribution < 1.29 is 35.5 Å². The van der Waals surface area contributed by atoms with Crippen LogP contribution in [0.5, 0.6) is 5.75 Å². The summed E-state index contributed by atoms with van der Waals surface area (Å²) in [4.78, 5) is 16.4. The second-order valence-corrected chi connectivity index (χ2v) is 9.29. The van der Waals surface area contributed by atoms with Crippen LogP contribution in [0.4, 0.5) is 34.8 Å². The lowest BCUT2D eigenvalue weighted by molar-refractivity contribution is 0.0958. The minimum absolute atomic E-state index is 0.0164. The second kappa shape index (κ2) is 11.9. The number of halogens is 4. The lowest BCUT2D eigenvalue weighted by atomic mass is 9.99. The number of carbonyl (C=O) groups excluding carboxylic acids is 1. The summed E-state index contributed by atoms with van der Waals surface area (Å²) in [6, 6.07) is 5.72. The largest absolute Gasteiger partial charge is 0.497 e. The predicted molar refractivity (Wildman–Crippen MR) is 134 cm³/mol. The molecule has 0 fully saturated rings. The molecule has 38 heavy (non-hydrogen) atoms. The zero-order chi connectivity index (χ0) is 28.0. The van der Waals surface area contributed by atoms with Gasteiger partial charge in [0.2, 0.25) is 0 Å². The molecular formula is C24H23F4N5O4S. The Kier molecular flexibility index (Phi) is 8.91. The molecule has 9 nitrogen and oxygen atoms in total. The number of benzene rings is 2. The molecule has 0 saturated heterocycles. The van der Waals surface area contributed by atoms with Gasteiger partial charge in [0.25, 0.3) is 16.1 Å². The van der Waals surface area contributed by atoms with E-state index in [0.717, 1.165) is 31.4 Å². The molecule has 2 aromatic carbocycles.